The first-order valence-corrected chi connectivity index (χ1v) is 8.17. The van der Waals surface area contributed by atoms with E-state index in [-0.39, 0.29) is 11.2 Å². The summed E-state index contributed by atoms with van der Waals surface area (Å²) >= 11 is 1.53. The number of hydrogen-bond acceptors (Lipinski definition) is 4. The Hall–Kier alpha value is -2.14. The Morgan fingerprint density at radius 2 is 1.70 bits per heavy atom. The number of carbonyl (C=O) groups excluding carboxylic acids is 1. The average Bonchev–Trinajstić information content (AvgIpc) is 2.56. The van der Waals surface area contributed by atoms with Crippen molar-refractivity contribution in [2.24, 2.45) is 0 Å². The molecule has 122 valence electrons. The number of benzene rings is 2. The van der Waals surface area contributed by atoms with E-state index in [0.717, 1.165) is 4.90 Å². The van der Waals surface area contributed by atoms with Gasteiger partial charge in [0.2, 0.25) is 5.91 Å². The molecule has 0 saturated carbocycles. The third-order valence-electron chi connectivity index (χ3n) is 3.35. The Kier molecular flexibility index (Phi) is 5.93. The van der Waals surface area contributed by atoms with Gasteiger partial charge in [0, 0.05) is 16.6 Å². The summed E-state index contributed by atoms with van der Waals surface area (Å²) in [6, 6.07) is 13.5. The van der Waals surface area contributed by atoms with E-state index in [0.29, 0.717) is 17.2 Å². The molecule has 2 aromatic carbocycles. The van der Waals surface area contributed by atoms with Crippen molar-refractivity contribution in [1.82, 2.24) is 0 Å². The highest BCUT2D eigenvalue weighted by Crippen LogP contribution is 2.30. The Labute approximate surface area is 141 Å². The van der Waals surface area contributed by atoms with Crippen LogP contribution in [0.15, 0.2) is 47.4 Å². The van der Waals surface area contributed by atoms with E-state index in [1.54, 1.807) is 32.4 Å². The summed E-state index contributed by atoms with van der Waals surface area (Å²) in [6.07, 6.45) is 0. The van der Waals surface area contributed by atoms with Crippen LogP contribution in [0.3, 0.4) is 0 Å². The van der Waals surface area contributed by atoms with E-state index < -0.39 is 0 Å². The second kappa shape index (κ2) is 7.92. The molecule has 1 amide bonds. The van der Waals surface area contributed by atoms with Crippen molar-refractivity contribution in [3.8, 4) is 11.5 Å². The summed E-state index contributed by atoms with van der Waals surface area (Å²) < 4.78 is 10.4. The van der Waals surface area contributed by atoms with E-state index in [2.05, 4.69) is 5.32 Å². The van der Waals surface area contributed by atoms with Gasteiger partial charge in [0.25, 0.3) is 0 Å². The molecule has 1 N–H and O–H groups in total. The molecule has 0 aromatic heterocycles. The maximum Gasteiger partial charge on any atom is 0.237 e. The lowest BCUT2D eigenvalue weighted by molar-refractivity contribution is -0.115. The zero-order valence-corrected chi connectivity index (χ0v) is 14.6. The lowest BCUT2D eigenvalue weighted by Crippen LogP contribution is -2.22. The van der Waals surface area contributed by atoms with Crippen molar-refractivity contribution in [2.75, 3.05) is 19.5 Å². The van der Waals surface area contributed by atoms with Crippen LogP contribution in [0, 0.1) is 6.92 Å². The highest BCUT2D eigenvalue weighted by atomic mass is 32.2. The second-order valence-electron chi connectivity index (χ2n) is 5.13. The minimum Gasteiger partial charge on any atom is -0.493 e. The van der Waals surface area contributed by atoms with Crippen LogP contribution in [0.2, 0.25) is 0 Å². The molecule has 23 heavy (non-hydrogen) atoms. The summed E-state index contributed by atoms with van der Waals surface area (Å²) in [5.74, 6) is 1.17. The maximum absolute atomic E-state index is 12.3. The molecule has 0 heterocycles. The first-order valence-electron chi connectivity index (χ1n) is 7.29. The van der Waals surface area contributed by atoms with Crippen LogP contribution < -0.4 is 14.8 Å². The van der Waals surface area contributed by atoms with Crippen LogP contribution in [0.25, 0.3) is 0 Å². The summed E-state index contributed by atoms with van der Waals surface area (Å²) in [5.41, 5.74) is 1.89. The van der Waals surface area contributed by atoms with E-state index in [1.807, 2.05) is 38.1 Å². The molecule has 0 spiro atoms. The standard InChI is InChI=1S/C18H21NO3S/c1-12-5-8-15(9-6-12)23-13(2)18(20)19-14-7-10-16(21-3)17(11-14)22-4/h5-11,13H,1-4H3,(H,19,20)/t13-/m0/s1. The number of ether oxygens (including phenoxy) is 2. The van der Waals surface area contributed by atoms with Crippen LogP contribution in [-0.2, 0) is 4.79 Å². The molecule has 0 saturated heterocycles. The quantitative estimate of drug-likeness (QED) is 0.809. The first-order chi connectivity index (χ1) is 11.0. The van der Waals surface area contributed by atoms with Crippen molar-refractivity contribution in [1.29, 1.82) is 0 Å². The number of thioether (sulfide) groups is 1. The molecule has 0 radical (unpaired) electrons. The summed E-state index contributed by atoms with van der Waals surface area (Å²) in [6.45, 7) is 3.93. The van der Waals surface area contributed by atoms with Crippen molar-refractivity contribution in [2.45, 2.75) is 24.0 Å². The summed E-state index contributed by atoms with van der Waals surface area (Å²) in [7, 11) is 3.15. The molecule has 0 bridgehead atoms. The predicted molar refractivity (Wildman–Crippen MR) is 94.7 cm³/mol. The summed E-state index contributed by atoms with van der Waals surface area (Å²) in [5, 5.41) is 2.70. The zero-order valence-electron chi connectivity index (χ0n) is 13.8. The molecule has 5 heteroatoms. The Morgan fingerprint density at radius 3 is 2.30 bits per heavy atom. The lowest BCUT2D eigenvalue weighted by atomic mass is 10.2. The number of amides is 1. The van der Waals surface area contributed by atoms with E-state index in [1.165, 1.54) is 17.3 Å². The van der Waals surface area contributed by atoms with Gasteiger partial charge in [-0.3, -0.25) is 4.79 Å². The zero-order chi connectivity index (χ0) is 16.8. The van der Waals surface area contributed by atoms with Crippen LogP contribution >= 0.6 is 11.8 Å². The molecule has 0 aliphatic rings. The predicted octanol–water partition coefficient (Wildman–Crippen LogP) is 4.13. The van der Waals surface area contributed by atoms with Crippen molar-refractivity contribution >= 4 is 23.4 Å². The minimum atomic E-state index is -0.203. The third kappa shape index (κ3) is 4.66. The van der Waals surface area contributed by atoms with E-state index in [4.69, 9.17) is 9.47 Å². The first kappa shape index (κ1) is 17.2. The van der Waals surface area contributed by atoms with Crippen LogP contribution in [0.1, 0.15) is 12.5 Å². The normalized spacial score (nSPS) is 11.7. The number of anilines is 1. The van der Waals surface area contributed by atoms with Gasteiger partial charge in [0.1, 0.15) is 0 Å². The Balaban J connectivity index is 2.01. The van der Waals surface area contributed by atoms with Gasteiger partial charge >= 0.3 is 0 Å². The SMILES string of the molecule is COc1ccc(NC(=O)[C@H](C)Sc2ccc(C)cc2)cc1OC. The van der Waals surface area contributed by atoms with Crippen LogP contribution in [0.4, 0.5) is 5.69 Å². The third-order valence-corrected chi connectivity index (χ3v) is 4.47. The van der Waals surface area contributed by atoms with Crippen LogP contribution in [-0.4, -0.2) is 25.4 Å². The van der Waals surface area contributed by atoms with Crippen molar-refractivity contribution in [3.05, 3.63) is 48.0 Å². The minimum absolute atomic E-state index is 0.0530. The summed E-state index contributed by atoms with van der Waals surface area (Å²) in [4.78, 5) is 13.4. The van der Waals surface area contributed by atoms with Crippen molar-refractivity contribution < 1.29 is 14.3 Å². The monoisotopic (exact) mass is 331 g/mol. The van der Waals surface area contributed by atoms with Gasteiger partial charge in [-0.15, -0.1) is 11.8 Å². The fourth-order valence-electron chi connectivity index (χ4n) is 2.03. The van der Waals surface area contributed by atoms with Gasteiger partial charge < -0.3 is 14.8 Å². The Bertz CT molecular complexity index is 670. The Morgan fingerprint density at radius 1 is 1.04 bits per heavy atom. The van der Waals surface area contributed by atoms with Gasteiger partial charge in [-0.25, -0.2) is 0 Å². The largest absolute Gasteiger partial charge is 0.493 e. The molecule has 2 rings (SSSR count). The molecule has 0 fully saturated rings. The fraction of sp³-hybridized carbons (Fsp3) is 0.278. The molecule has 4 nitrogen and oxygen atoms in total. The van der Waals surface area contributed by atoms with Crippen molar-refractivity contribution in [3.63, 3.8) is 0 Å². The molecular weight excluding hydrogens is 310 g/mol. The topological polar surface area (TPSA) is 47.6 Å². The van der Waals surface area contributed by atoms with E-state index >= 15 is 0 Å². The number of aryl methyl sites for hydroxylation is 1. The number of hydrogen-bond donors (Lipinski definition) is 1. The molecular formula is C18H21NO3S. The molecule has 0 aliphatic heterocycles. The van der Waals surface area contributed by atoms with Gasteiger partial charge in [-0.05, 0) is 38.1 Å². The molecule has 2 aromatic rings. The van der Waals surface area contributed by atoms with Gasteiger partial charge in [0.15, 0.2) is 11.5 Å². The van der Waals surface area contributed by atoms with E-state index in [9.17, 15) is 4.79 Å². The number of methoxy groups -OCH3 is 2. The van der Waals surface area contributed by atoms with Gasteiger partial charge in [-0.2, -0.15) is 0 Å². The number of rotatable bonds is 6. The fourth-order valence-corrected chi connectivity index (χ4v) is 2.90. The van der Waals surface area contributed by atoms with Crippen LogP contribution in [0.5, 0.6) is 11.5 Å². The molecule has 0 aliphatic carbocycles. The number of carbonyl (C=O) groups is 1. The highest BCUT2D eigenvalue weighted by molar-refractivity contribution is 8.00. The lowest BCUT2D eigenvalue weighted by Gasteiger charge is -2.14. The highest BCUT2D eigenvalue weighted by Gasteiger charge is 2.15. The molecule has 0 unspecified atom stereocenters. The second-order valence-corrected chi connectivity index (χ2v) is 6.55. The van der Waals surface area contributed by atoms with Gasteiger partial charge in [-0.1, -0.05) is 17.7 Å². The maximum atomic E-state index is 12.3. The van der Waals surface area contributed by atoms with Gasteiger partial charge in [0.05, 0.1) is 19.5 Å². The molecule has 1 atom stereocenters. The smallest absolute Gasteiger partial charge is 0.237 e. The average molecular weight is 331 g/mol. The number of nitrogens with one attached hydrogen (secondary N) is 1.